The number of hydrogen-bond acceptors (Lipinski definition) is 8. The molecule has 0 bridgehead atoms. The number of pyridine rings is 1. The number of methoxy groups -OCH3 is 1. The molecular formula is C37H41F2N5O8. The van der Waals surface area contributed by atoms with Crippen LogP contribution in [0.1, 0.15) is 44.9 Å². The standard InChI is InChI=1S/C37H41F2N5O8/c1-37(2,3)52-36(49)44-26(19-23-11-9-14-30(32(23)44)51-22-24-16-17-25(38)20-27(24)39)21-43-18-10-13-29(34(43)47)40-33(46)28(41-35(48)50-6)12-7-8-15-31(45)42(4)5/h8-11,13-20,28H,7,12,21-22H2,1-6H3,(H,40,46)(H,41,48)/b15-8+/t28-/m0/s1. The minimum absolute atomic E-state index is 0.0906. The number of allylic oxidation sites excluding steroid dienone is 1. The molecule has 0 saturated carbocycles. The summed E-state index contributed by atoms with van der Waals surface area (Å²) < 4.78 is 46.7. The van der Waals surface area contributed by atoms with Gasteiger partial charge in [0.15, 0.2) is 0 Å². The number of para-hydroxylation sites is 1. The molecule has 52 heavy (non-hydrogen) atoms. The summed E-state index contributed by atoms with van der Waals surface area (Å²) in [6.07, 6.45) is 3.10. The number of carbonyl (C=O) groups excluding carboxylic acids is 4. The molecule has 0 fully saturated rings. The van der Waals surface area contributed by atoms with Crippen LogP contribution in [0.15, 0.2) is 77.7 Å². The van der Waals surface area contributed by atoms with E-state index >= 15 is 0 Å². The molecule has 2 N–H and O–H groups in total. The number of aromatic nitrogens is 2. The van der Waals surface area contributed by atoms with Gasteiger partial charge in [-0.05, 0) is 76.1 Å². The second-order valence-electron chi connectivity index (χ2n) is 12.9. The van der Waals surface area contributed by atoms with Gasteiger partial charge in [0.1, 0.15) is 46.8 Å². The SMILES string of the molecule is COC(=O)N[C@@H](CC/C=C/C(=O)N(C)C)C(=O)Nc1cccn(Cc2cc3cccc(OCc4ccc(F)cc4F)c3n2C(=O)OC(C)(C)C)c1=O. The predicted octanol–water partition coefficient (Wildman–Crippen LogP) is 5.58. The molecule has 0 saturated heterocycles. The minimum Gasteiger partial charge on any atom is -0.487 e. The van der Waals surface area contributed by atoms with Crippen LogP contribution >= 0.6 is 0 Å². The van der Waals surface area contributed by atoms with Crippen LogP contribution in [0.25, 0.3) is 10.9 Å². The number of nitrogens with zero attached hydrogens (tertiary/aromatic N) is 3. The number of fused-ring (bicyclic) bond motifs is 1. The fourth-order valence-corrected chi connectivity index (χ4v) is 5.04. The summed E-state index contributed by atoms with van der Waals surface area (Å²) in [5, 5.41) is 5.55. The van der Waals surface area contributed by atoms with E-state index in [-0.39, 0.29) is 48.9 Å². The van der Waals surface area contributed by atoms with E-state index in [0.29, 0.717) is 16.6 Å². The van der Waals surface area contributed by atoms with Crippen molar-refractivity contribution in [3.8, 4) is 5.75 Å². The fourth-order valence-electron chi connectivity index (χ4n) is 5.04. The maximum Gasteiger partial charge on any atom is 0.419 e. The number of ether oxygens (including phenoxy) is 3. The third kappa shape index (κ3) is 10.0. The first-order valence-electron chi connectivity index (χ1n) is 16.2. The molecule has 2 aromatic heterocycles. The molecule has 1 atom stereocenters. The van der Waals surface area contributed by atoms with Gasteiger partial charge in [-0.3, -0.25) is 14.4 Å². The van der Waals surface area contributed by atoms with Crippen molar-refractivity contribution < 1.29 is 42.2 Å². The van der Waals surface area contributed by atoms with E-state index < -0.39 is 46.9 Å². The molecule has 4 aromatic rings. The Balaban J connectivity index is 1.65. The van der Waals surface area contributed by atoms with Gasteiger partial charge in [-0.25, -0.2) is 22.9 Å². The van der Waals surface area contributed by atoms with Crippen molar-refractivity contribution in [3.05, 3.63) is 106 Å². The van der Waals surface area contributed by atoms with E-state index in [1.807, 2.05) is 0 Å². The molecule has 15 heteroatoms. The quantitative estimate of drug-likeness (QED) is 0.180. The summed E-state index contributed by atoms with van der Waals surface area (Å²) in [6.45, 7) is 4.67. The van der Waals surface area contributed by atoms with Gasteiger partial charge >= 0.3 is 12.2 Å². The Labute approximate surface area is 298 Å². The molecule has 0 aliphatic rings. The van der Waals surface area contributed by atoms with Crippen LogP contribution in [0.4, 0.5) is 24.1 Å². The number of alkyl carbamates (subject to hydrolysis) is 1. The lowest BCUT2D eigenvalue weighted by Crippen LogP contribution is -2.44. The summed E-state index contributed by atoms with van der Waals surface area (Å²) in [5.41, 5.74) is -0.903. The first-order valence-corrected chi connectivity index (χ1v) is 16.2. The van der Waals surface area contributed by atoms with E-state index in [1.165, 1.54) is 44.5 Å². The number of amides is 3. The van der Waals surface area contributed by atoms with Crippen molar-refractivity contribution in [2.45, 2.75) is 58.4 Å². The summed E-state index contributed by atoms with van der Waals surface area (Å²) >= 11 is 0. The lowest BCUT2D eigenvalue weighted by atomic mass is 10.1. The normalized spacial score (nSPS) is 12.0. The third-order valence-corrected chi connectivity index (χ3v) is 7.57. The zero-order chi connectivity index (χ0) is 38.2. The van der Waals surface area contributed by atoms with Crippen LogP contribution in [0, 0.1) is 11.6 Å². The number of nitrogens with one attached hydrogen (secondary N) is 2. The van der Waals surface area contributed by atoms with Crippen molar-refractivity contribution in [3.63, 3.8) is 0 Å². The molecular weight excluding hydrogens is 680 g/mol. The maximum atomic E-state index is 14.4. The number of anilines is 1. The van der Waals surface area contributed by atoms with Gasteiger partial charge in [0.25, 0.3) is 5.56 Å². The Hall–Kier alpha value is -5.99. The molecule has 0 unspecified atom stereocenters. The summed E-state index contributed by atoms with van der Waals surface area (Å²) in [4.78, 5) is 65.9. The number of hydrogen-bond donors (Lipinski definition) is 2. The monoisotopic (exact) mass is 721 g/mol. The Morgan fingerprint density at radius 2 is 1.77 bits per heavy atom. The Morgan fingerprint density at radius 1 is 1.02 bits per heavy atom. The second kappa shape index (κ2) is 16.8. The number of likely N-dealkylation sites (N-methyl/N-ethyl adjacent to an activating group) is 1. The molecule has 13 nitrogen and oxygen atoms in total. The number of rotatable bonds is 12. The first kappa shape index (κ1) is 38.8. The van der Waals surface area contributed by atoms with Crippen LogP contribution < -0.4 is 20.9 Å². The van der Waals surface area contributed by atoms with Crippen molar-refractivity contribution in [2.75, 3.05) is 26.5 Å². The zero-order valence-electron chi connectivity index (χ0n) is 29.7. The van der Waals surface area contributed by atoms with E-state index in [4.69, 9.17) is 9.47 Å². The molecule has 0 radical (unpaired) electrons. The van der Waals surface area contributed by atoms with Gasteiger partial charge in [0.2, 0.25) is 11.8 Å². The van der Waals surface area contributed by atoms with Crippen molar-refractivity contribution in [1.29, 1.82) is 0 Å². The molecule has 276 valence electrons. The number of carbonyl (C=O) groups is 4. The molecule has 0 spiro atoms. The van der Waals surface area contributed by atoms with Gasteiger partial charge in [-0.15, -0.1) is 0 Å². The van der Waals surface area contributed by atoms with E-state index in [2.05, 4.69) is 15.4 Å². The summed E-state index contributed by atoms with van der Waals surface area (Å²) in [7, 11) is 4.34. The second-order valence-corrected chi connectivity index (χ2v) is 12.9. The van der Waals surface area contributed by atoms with Crippen molar-refractivity contribution >= 4 is 40.6 Å². The Morgan fingerprint density at radius 3 is 2.44 bits per heavy atom. The number of halogens is 2. The van der Waals surface area contributed by atoms with Gasteiger partial charge < -0.3 is 34.3 Å². The number of benzene rings is 2. The largest absolute Gasteiger partial charge is 0.487 e. The highest BCUT2D eigenvalue weighted by Gasteiger charge is 2.26. The van der Waals surface area contributed by atoms with Crippen LogP contribution in [-0.4, -0.2) is 70.9 Å². The van der Waals surface area contributed by atoms with E-state index in [0.717, 1.165) is 19.2 Å². The lowest BCUT2D eigenvalue weighted by molar-refractivity contribution is -0.123. The predicted molar refractivity (Wildman–Crippen MR) is 189 cm³/mol. The Bertz CT molecular complexity index is 2050. The van der Waals surface area contributed by atoms with Crippen LogP contribution in [0.5, 0.6) is 5.75 Å². The van der Waals surface area contributed by atoms with Gasteiger partial charge in [-0.1, -0.05) is 18.2 Å². The molecule has 2 heterocycles. The van der Waals surface area contributed by atoms with Crippen molar-refractivity contribution in [2.24, 2.45) is 0 Å². The average Bonchev–Trinajstić information content (AvgIpc) is 3.45. The summed E-state index contributed by atoms with van der Waals surface area (Å²) in [6, 6.07) is 11.6. The first-order chi connectivity index (χ1) is 24.6. The smallest absolute Gasteiger partial charge is 0.419 e. The van der Waals surface area contributed by atoms with Crippen molar-refractivity contribution in [1.82, 2.24) is 19.4 Å². The minimum atomic E-state index is -1.11. The van der Waals surface area contributed by atoms with Gasteiger partial charge in [0, 0.05) is 37.3 Å². The average molecular weight is 722 g/mol. The highest BCUT2D eigenvalue weighted by molar-refractivity contribution is 5.97. The fraction of sp³-hybridized carbons (Fsp3) is 0.324. The Kier molecular flexibility index (Phi) is 12.5. The van der Waals surface area contributed by atoms with Crippen LogP contribution in [0.2, 0.25) is 0 Å². The summed E-state index contributed by atoms with van der Waals surface area (Å²) in [5.74, 6) is -2.26. The molecule has 4 rings (SSSR count). The topological polar surface area (TPSA) is 150 Å². The third-order valence-electron chi connectivity index (χ3n) is 7.57. The molecule has 0 aliphatic carbocycles. The maximum absolute atomic E-state index is 14.4. The van der Waals surface area contributed by atoms with Gasteiger partial charge in [-0.2, -0.15) is 0 Å². The van der Waals surface area contributed by atoms with Crippen LogP contribution in [-0.2, 0) is 32.2 Å². The molecule has 2 aromatic carbocycles. The highest BCUT2D eigenvalue weighted by Crippen LogP contribution is 2.31. The van der Waals surface area contributed by atoms with E-state index in [1.54, 1.807) is 65.2 Å². The zero-order valence-corrected chi connectivity index (χ0v) is 29.7. The highest BCUT2D eigenvalue weighted by atomic mass is 19.1. The van der Waals surface area contributed by atoms with Gasteiger partial charge in [0.05, 0.1) is 19.3 Å². The lowest BCUT2D eigenvalue weighted by Gasteiger charge is -2.22. The molecule has 0 aliphatic heterocycles. The molecule has 3 amide bonds. The van der Waals surface area contributed by atoms with E-state index in [9.17, 15) is 32.8 Å². The van der Waals surface area contributed by atoms with Crippen LogP contribution in [0.3, 0.4) is 0 Å².